The van der Waals surface area contributed by atoms with Crippen LogP contribution in [0.4, 0.5) is 0 Å². The first-order valence-corrected chi connectivity index (χ1v) is 8.30. The summed E-state index contributed by atoms with van der Waals surface area (Å²) in [5, 5.41) is 15.0. The van der Waals surface area contributed by atoms with E-state index in [1.54, 1.807) is 11.3 Å². The number of hydrogen-bond acceptors (Lipinski definition) is 4. The Bertz CT molecular complexity index is 721. The predicted molar refractivity (Wildman–Crippen MR) is 86.8 cm³/mol. The van der Waals surface area contributed by atoms with Crippen LogP contribution in [-0.4, -0.2) is 14.6 Å². The average Bonchev–Trinajstić information content (AvgIpc) is 3.10. The first-order valence-electron chi connectivity index (χ1n) is 7.04. The van der Waals surface area contributed by atoms with E-state index in [9.17, 15) is 0 Å². The topological polar surface area (TPSA) is 42.2 Å². The van der Waals surface area contributed by atoms with E-state index in [0.717, 1.165) is 40.8 Å². The van der Waals surface area contributed by atoms with Crippen molar-refractivity contribution in [1.82, 2.24) is 19.9 Å². The van der Waals surface area contributed by atoms with Crippen molar-refractivity contribution in [1.29, 1.82) is 0 Å². The third-order valence-electron chi connectivity index (χ3n) is 3.43. The molecule has 110 valence electrons. The Kier molecular flexibility index (Phi) is 4.53. The third-order valence-corrected chi connectivity index (χ3v) is 4.82. The zero-order valence-electron chi connectivity index (χ0n) is 11.8. The second-order valence-corrected chi connectivity index (χ2v) is 6.31. The molecule has 0 fully saturated rings. The maximum atomic E-state index is 6.16. The molecule has 0 aliphatic rings. The fourth-order valence-corrected chi connectivity index (χ4v) is 3.43. The molecule has 0 bridgehead atoms. The van der Waals surface area contributed by atoms with Crippen molar-refractivity contribution in [2.24, 2.45) is 0 Å². The van der Waals surface area contributed by atoms with E-state index in [-0.39, 0.29) is 6.04 Å². The Morgan fingerprint density at radius 2 is 2.24 bits per heavy atom. The van der Waals surface area contributed by atoms with Crippen LogP contribution in [-0.2, 0) is 6.54 Å². The lowest BCUT2D eigenvalue weighted by Gasteiger charge is -2.16. The molecule has 0 radical (unpaired) electrons. The van der Waals surface area contributed by atoms with Crippen LogP contribution >= 0.6 is 22.9 Å². The molecular weight excluding hydrogens is 304 g/mol. The summed E-state index contributed by atoms with van der Waals surface area (Å²) in [7, 11) is 0. The van der Waals surface area contributed by atoms with E-state index < -0.39 is 0 Å². The number of nitrogens with zero attached hydrogens (tertiary/aromatic N) is 3. The molecule has 3 aromatic rings. The largest absolute Gasteiger partial charge is 0.302 e. The Morgan fingerprint density at radius 3 is 3.00 bits per heavy atom. The normalized spacial score (nSPS) is 12.9. The van der Waals surface area contributed by atoms with E-state index in [2.05, 4.69) is 22.4 Å². The van der Waals surface area contributed by atoms with Gasteiger partial charge in [0.25, 0.3) is 0 Å². The van der Waals surface area contributed by atoms with Crippen LogP contribution in [0.15, 0.2) is 35.8 Å². The summed E-state index contributed by atoms with van der Waals surface area (Å²) in [5.74, 6) is 0.958. The first kappa shape index (κ1) is 14.5. The van der Waals surface area contributed by atoms with Crippen molar-refractivity contribution in [3.05, 3.63) is 51.6 Å². The molecule has 4 nitrogen and oxygen atoms in total. The Hall–Kier alpha value is -1.43. The van der Waals surface area contributed by atoms with Crippen molar-refractivity contribution >= 4 is 28.6 Å². The molecule has 3 aromatic heterocycles. The van der Waals surface area contributed by atoms with Crippen molar-refractivity contribution in [2.75, 3.05) is 0 Å². The van der Waals surface area contributed by atoms with Gasteiger partial charge >= 0.3 is 0 Å². The summed E-state index contributed by atoms with van der Waals surface area (Å²) in [6.45, 7) is 2.93. The van der Waals surface area contributed by atoms with Gasteiger partial charge in [-0.25, -0.2) is 0 Å². The number of halogens is 1. The van der Waals surface area contributed by atoms with Crippen molar-refractivity contribution < 1.29 is 0 Å². The van der Waals surface area contributed by atoms with Crippen LogP contribution in [0.3, 0.4) is 0 Å². The fraction of sp³-hybridized carbons (Fsp3) is 0.333. The molecule has 0 aromatic carbocycles. The molecular formula is C15H17ClN4S. The highest BCUT2D eigenvalue weighted by atomic mass is 35.5. The number of thiophene rings is 1. The van der Waals surface area contributed by atoms with E-state index in [1.165, 1.54) is 0 Å². The maximum Gasteiger partial charge on any atom is 0.160 e. The zero-order valence-corrected chi connectivity index (χ0v) is 13.4. The van der Waals surface area contributed by atoms with Crippen molar-refractivity contribution in [3.63, 3.8) is 0 Å². The lowest BCUT2D eigenvalue weighted by atomic mass is 10.1. The molecule has 0 saturated heterocycles. The van der Waals surface area contributed by atoms with E-state index >= 15 is 0 Å². The first-order chi connectivity index (χ1) is 10.3. The highest BCUT2D eigenvalue weighted by molar-refractivity contribution is 7.10. The number of rotatable bonds is 6. The molecule has 6 heteroatoms. The quantitative estimate of drug-likeness (QED) is 0.744. The van der Waals surface area contributed by atoms with Crippen LogP contribution in [0.5, 0.6) is 0 Å². The molecule has 3 rings (SSSR count). The molecule has 0 unspecified atom stereocenters. The minimum absolute atomic E-state index is 0.172. The number of pyridine rings is 1. The average molecular weight is 321 g/mol. The second-order valence-electron chi connectivity index (χ2n) is 4.90. The lowest BCUT2D eigenvalue weighted by molar-refractivity contribution is 0.469. The van der Waals surface area contributed by atoms with Gasteiger partial charge in [-0.15, -0.1) is 21.5 Å². The minimum Gasteiger partial charge on any atom is -0.302 e. The van der Waals surface area contributed by atoms with Gasteiger partial charge in [0.1, 0.15) is 0 Å². The van der Waals surface area contributed by atoms with Gasteiger partial charge in [-0.2, -0.15) is 0 Å². The molecule has 21 heavy (non-hydrogen) atoms. The Morgan fingerprint density at radius 1 is 1.33 bits per heavy atom. The fourth-order valence-electron chi connectivity index (χ4n) is 2.38. The highest BCUT2D eigenvalue weighted by Crippen LogP contribution is 2.24. The SMILES string of the molecule is CCC[C@H](NCc1sccc1Cl)c1nnc2ccccn12. The number of hydrogen-bond donors (Lipinski definition) is 1. The van der Waals surface area contributed by atoms with E-state index in [0.29, 0.717) is 0 Å². The zero-order chi connectivity index (χ0) is 14.7. The van der Waals surface area contributed by atoms with E-state index in [4.69, 9.17) is 11.6 Å². The molecule has 1 atom stereocenters. The second kappa shape index (κ2) is 6.56. The number of nitrogens with one attached hydrogen (secondary N) is 1. The highest BCUT2D eigenvalue weighted by Gasteiger charge is 2.17. The van der Waals surface area contributed by atoms with Crippen LogP contribution < -0.4 is 5.32 Å². The Balaban J connectivity index is 1.82. The van der Waals surface area contributed by atoms with Crippen molar-refractivity contribution in [2.45, 2.75) is 32.4 Å². The maximum absolute atomic E-state index is 6.16. The Labute approximate surface area is 132 Å². The monoisotopic (exact) mass is 320 g/mol. The van der Waals surface area contributed by atoms with Gasteiger partial charge in [0.15, 0.2) is 11.5 Å². The molecule has 0 saturated carbocycles. The van der Waals surface area contributed by atoms with Crippen molar-refractivity contribution in [3.8, 4) is 0 Å². The standard InChI is InChI=1S/C15H17ClN4S/c1-2-5-12(17-10-13-11(16)7-9-21-13)15-19-18-14-6-3-4-8-20(14)15/h3-4,6-9,12,17H,2,5,10H2,1H3/t12-/m0/s1. The van der Waals surface area contributed by atoms with Crippen LogP contribution in [0, 0.1) is 0 Å². The van der Waals surface area contributed by atoms with Gasteiger partial charge in [-0.05, 0) is 30.0 Å². The van der Waals surface area contributed by atoms with Gasteiger partial charge in [0.05, 0.1) is 11.1 Å². The number of aromatic nitrogens is 3. The molecule has 0 amide bonds. The van der Waals surface area contributed by atoms with Gasteiger partial charge in [0, 0.05) is 17.6 Å². The molecule has 1 N–H and O–H groups in total. The van der Waals surface area contributed by atoms with E-state index in [1.807, 2.05) is 40.2 Å². The molecule has 0 spiro atoms. The van der Waals surface area contributed by atoms with Gasteiger partial charge in [-0.1, -0.05) is 31.0 Å². The third kappa shape index (κ3) is 3.10. The molecule has 3 heterocycles. The summed E-state index contributed by atoms with van der Waals surface area (Å²) in [6.07, 6.45) is 4.10. The minimum atomic E-state index is 0.172. The molecule has 0 aliphatic heterocycles. The summed E-state index contributed by atoms with van der Waals surface area (Å²) in [6, 6.07) is 8.05. The summed E-state index contributed by atoms with van der Waals surface area (Å²) in [4.78, 5) is 1.16. The smallest absolute Gasteiger partial charge is 0.160 e. The number of fused-ring (bicyclic) bond motifs is 1. The summed E-state index contributed by atoms with van der Waals surface area (Å²) >= 11 is 7.83. The summed E-state index contributed by atoms with van der Waals surface area (Å²) < 4.78 is 2.04. The lowest BCUT2D eigenvalue weighted by Crippen LogP contribution is -2.22. The molecule has 0 aliphatic carbocycles. The van der Waals surface area contributed by atoms with Gasteiger partial charge in [-0.3, -0.25) is 4.40 Å². The van der Waals surface area contributed by atoms with Crippen LogP contribution in [0.25, 0.3) is 5.65 Å². The predicted octanol–water partition coefficient (Wildman–Crippen LogP) is 4.08. The van der Waals surface area contributed by atoms with Crippen LogP contribution in [0.2, 0.25) is 5.02 Å². The summed E-state index contributed by atoms with van der Waals surface area (Å²) in [5.41, 5.74) is 0.879. The van der Waals surface area contributed by atoms with Gasteiger partial charge < -0.3 is 5.32 Å². The van der Waals surface area contributed by atoms with Crippen LogP contribution in [0.1, 0.15) is 36.5 Å². The van der Waals surface area contributed by atoms with Gasteiger partial charge in [0.2, 0.25) is 0 Å².